The number of benzene rings is 3. The van der Waals surface area contributed by atoms with E-state index in [1.165, 1.54) is 30.0 Å². The van der Waals surface area contributed by atoms with Crippen LogP contribution >= 0.6 is 23.4 Å². The Labute approximate surface area is 187 Å². The number of anilines is 1. The number of rotatable bonds is 6. The van der Waals surface area contributed by atoms with Gasteiger partial charge in [-0.25, -0.2) is 0 Å². The van der Waals surface area contributed by atoms with Crippen molar-refractivity contribution in [3.05, 3.63) is 87.4 Å². The number of amides is 1. The Kier molecular flexibility index (Phi) is 6.29. The predicted molar refractivity (Wildman–Crippen MR) is 119 cm³/mol. The van der Waals surface area contributed by atoms with Gasteiger partial charge in [-0.1, -0.05) is 41.9 Å². The van der Waals surface area contributed by atoms with Gasteiger partial charge in [0.15, 0.2) is 11.5 Å². The first-order chi connectivity index (χ1) is 15.0. The van der Waals surface area contributed by atoms with Crippen LogP contribution in [0.15, 0.2) is 71.6 Å². The molecule has 1 heterocycles. The quantitative estimate of drug-likeness (QED) is 0.299. The van der Waals surface area contributed by atoms with Gasteiger partial charge in [-0.15, -0.1) is 11.8 Å². The summed E-state index contributed by atoms with van der Waals surface area (Å²) in [4.78, 5) is 24.6. The maximum absolute atomic E-state index is 13.2. The minimum atomic E-state index is -0.599. The number of nitro groups is 1. The molecule has 0 saturated heterocycles. The highest BCUT2D eigenvalue weighted by Crippen LogP contribution is 2.41. The van der Waals surface area contributed by atoms with E-state index in [1.807, 2.05) is 48.5 Å². The first kappa shape index (κ1) is 21.0. The molecule has 4 rings (SSSR count). The van der Waals surface area contributed by atoms with Gasteiger partial charge in [0.1, 0.15) is 23.5 Å². The van der Waals surface area contributed by atoms with Gasteiger partial charge in [0.05, 0.1) is 4.92 Å². The predicted octanol–water partition coefficient (Wildman–Crippen LogP) is 5.49. The molecule has 0 spiro atoms. The molecule has 0 unspecified atom stereocenters. The third-order valence-corrected chi connectivity index (χ3v) is 6.09. The van der Waals surface area contributed by atoms with Gasteiger partial charge in [-0.3, -0.25) is 14.9 Å². The van der Waals surface area contributed by atoms with Crippen molar-refractivity contribution in [2.75, 3.05) is 18.5 Å². The Hall–Kier alpha value is -3.23. The van der Waals surface area contributed by atoms with Crippen LogP contribution < -0.4 is 14.8 Å². The molecule has 0 aromatic heterocycles. The fourth-order valence-electron chi connectivity index (χ4n) is 3.07. The van der Waals surface area contributed by atoms with Crippen molar-refractivity contribution >= 4 is 40.6 Å². The van der Waals surface area contributed by atoms with E-state index in [1.54, 1.807) is 0 Å². The zero-order valence-corrected chi connectivity index (χ0v) is 17.7. The molecule has 0 fully saturated rings. The van der Waals surface area contributed by atoms with E-state index in [4.69, 9.17) is 21.1 Å². The van der Waals surface area contributed by atoms with Crippen molar-refractivity contribution in [3.8, 4) is 11.5 Å². The Balaban J connectivity index is 1.60. The zero-order chi connectivity index (χ0) is 21.8. The van der Waals surface area contributed by atoms with Crippen molar-refractivity contribution in [3.63, 3.8) is 0 Å². The highest BCUT2D eigenvalue weighted by Gasteiger charge is 2.24. The van der Waals surface area contributed by atoms with Gasteiger partial charge < -0.3 is 14.8 Å². The van der Waals surface area contributed by atoms with Crippen LogP contribution in [0.25, 0.3) is 0 Å². The number of nitrogens with zero attached hydrogens (tertiary/aromatic N) is 1. The fourth-order valence-corrected chi connectivity index (χ4v) is 4.31. The molecule has 1 atom stereocenters. The Morgan fingerprint density at radius 3 is 2.52 bits per heavy atom. The van der Waals surface area contributed by atoms with E-state index < -0.39 is 10.2 Å². The summed E-state index contributed by atoms with van der Waals surface area (Å²) in [7, 11) is 0. The van der Waals surface area contributed by atoms with Crippen LogP contribution in [-0.2, 0) is 4.79 Å². The molecule has 7 nitrogen and oxygen atoms in total. The molecule has 3 aromatic rings. The number of carbonyl (C=O) groups is 1. The number of thioether (sulfide) groups is 1. The molecule has 0 saturated carbocycles. The minimum absolute atomic E-state index is 0.00765. The molecule has 1 aliphatic rings. The lowest BCUT2D eigenvalue weighted by Crippen LogP contribution is -2.19. The number of fused-ring (bicyclic) bond motifs is 1. The van der Waals surface area contributed by atoms with Gasteiger partial charge in [0.2, 0.25) is 5.91 Å². The number of carbonyl (C=O) groups excluding carboxylic acids is 1. The normalized spacial score (nSPS) is 13.3. The van der Waals surface area contributed by atoms with Gasteiger partial charge >= 0.3 is 0 Å². The minimum Gasteiger partial charge on any atom is -0.486 e. The van der Waals surface area contributed by atoms with Gasteiger partial charge in [0.25, 0.3) is 5.69 Å². The number of hydrogen-bond acceptors (Lipinski definition) is 6. The molecular weight excluding hydrogens is 440 g/mol. The van der Waals surface area contributed by atoms with Crippen molar-refractivity contribution in [2.24, 2.45) is 0 Å². The van der Waals surface area contributed by atoms with E-state index >= 15 is 0 Å². The molecule has 0 radical (unpaired) electrons. The molecule has 1 N–H and O–H groups in total. The maximum atomic E-state index is 13.2. The second-order valence-corrected chi connectivity index (χ2v) is 8.21. The molecule has 0 aliphatic carbocycles. The second kappa shape index (κ2) is 9.28. The Bertz CT molecular complexity index is 1130. The van der Waals surface area contributed by atoms with Crippen LogP contribution in [0.3, 0.4) is 0 Å². The molecule has 1 aliphatic heterocycles. The maximum Gasteiger partial charge on any atom is 0.289 e. The Morgan fingerprint density at radius 1 is 1.03 bits per heavy atom. The van der Waals surface area contributed by atoms with E-state index in [0.717, 1.165) is 10.5 Å². The van der Waals surface area contributed by atoms with E-state index in [2.05, 4.69) is 5.32 Å². The number of ether oxygens (including phenoxy) is 2. The van der Waals surface area contributed by atoms with Crippen LogP contribution in [0.1, 0.15) is 10.8 Å². The monoisotopic (exact) mass is 456 g/mol. The largest absolute Gasteiger partial charge is 0.486 e. The summed E-state index contributed by atoms with van der Waals surface area (Å²) in [6, 6.07) is 19.0. The van der Waals surface area contributed by atoms with Gasteiger partial charge in [-0.05, 0) is 35.9 Å². The number of nitrogens with one attached hydrogen (secondary N) is 1. The lowest BCUT2D eigenvalue weighted by atomic mass is 10.1. The molecule has 9 heteroatoms. The second-order valence-electron chi connectivity index (χ2n) is 6.63. The molecule has 0 bridgehead atoms. The summed E-state index contributed by atoms with van der Waals surface area (Å²) in [5.74, 6) is 0.990. The van der Waals surface area contributed by atoms with Crippen molar-refractivity contribution in [1.29, 1.82) is 0 Å². The average molecular weight is 457 g/mol. The summed E-state index contributed by atoms with van der Waals surface area (Å²) in [6.45, 7) is 0.973. The highest BCUT2D eigenvalue weighted by molar-refractivity contribution is 8.00. The average Bonchev–Trinajstić information content (AvgIpc) is 2.79. The molecule has 3 aromatic carbocycles. The first-order valence-corrected chi connectivity index (χ1v) is 10.6. The Morgan fingerprint density at radius 2 is 1.77 bits per heavy atom. The van der Waals surface area contributed by atoms with Crippen LogP contribution in [0.2, 0.25) is 5.02 Å². The van der Waals surface area contributed by atoms with Crippen LogP contribution in [0.5, 0.6) is 11.5 Å². The number of hydrogen-bond donors (Lipinski definition) is 1. The van der Waals surface area contributed by atoms with Gasteiger partial charge in [0, 0.05) is 16.6 Å². The summed E-state index contributed by atoms with van der Waals surface area (Å²) < 4.78 is 11.2. The first-order valence-electron chi connectivity index (χ1n) is 9.37. The van der Waals surface area contributed by atoms with Crippen molar-refractivity contribution < 1.29 is 19.2 Å². The lowest BCUT2D eigenvalue weighted by Gasteiger charge is -2.21. The van der Waals surface area contributed by atoms with Crippen LogP contribution in [0, 0.1) is 10.1 Å². The van der Waals surface area contributed by atoms with E-state index in [9.17, 15) is 14.9 Å². The summed E-state index contributed by atoms with van der Waals surface area (Å²) in [6.07, 6.45) is 0. The topological polar surface area (TPSA) is 90.7 Å². The zero-order valence-electron chi connectivity index (χ0n) is 16.1. The standard InChI is InChI=1S/C22H17ClN2O5S/c23-17-8-6-15(12-18(17)25(27)28)24-22(26)21(14-4-2-1-3-5-14)31-16-7-9-19-20(13-16)30-11-10-29-19/h1-9,12-13,21H,10-11H2,(H,24,26)/t21-/m1/s1. The third-order valence-electron chi connectivity index (χ3n) is 4.52. The highest BCUT2D eigenvalue weighted by atomic mass is 35.5. The SMILES string of the molecule is O=C(Nc1ccc(Cl)c([N+](=O)[O-])c1)[C@H](Sc1ccc2c(c1)OCCO2)c1ccccc1. The van der Waals surface area contributed by atoms with Crippen LogP contribution in [0.4, 0.5) is 11.4 Å². The number of halogens is 1. The molecule has 31 heavy (non-hydrogen) atoms. The molecular formula is C22H17ClN2O5S. The van der Waals surface area contributed by atoms with E-state index in [0.29, 0.717) is 30.4 Å². The van der Waals surface area contributed by atoms with Crippen LogP contribution in [-0.4, -0.2) is 24.0 Å². The van der Waals surface area contributed by atoms with Gasteiger partial charge in [-0.2, -0.15) is 0 Å². The van der Waals surface area contributed by atoms with E-state index in [-0.39, 0.29) is 16.6 Å². The fraction of sp³-hybridized carbons (Fsp3) is 0.136. The van der Waals surface area contributed by atoms with Crippen molar-refractivity contribution in [1.82, 2.24) is 0 Å². The lowest BCUT2D eigenvalue weighted by molar-refractivity contribution is -0.384. The number of nitro benzene ring substituents is 1. The summed E-state index contributed by atoms with van der Waals surface area (Å²) in [5.41, 5.74) is 0.823. The smallest absolute Gasteiger partial charge is 0.289 e. The molecule has 158 valence electrons. The summed E-state index contributed by atoms with van der Waals surface area (Å²) >= 11 is 7.22. The van der Waals surface area contributed by atoms with Crippen molar-refractivity contribution in [2.45, 2.75) is 10.1 Å². The summed E-state index contributed by atoms with van der Waals surface area (Å²) in [5, 5.41) is 13.3. The third kappa shape index (κ3) is 4.92. The molecule has 1 amide bonds.